The van der Waals surface area contributed by atoms with E-state index in [0.29, 0.717) is 5.69 Å². The lowest BCUT2D eigenvalue weighted by atomic mass is 10.1. The SMILES string of the molecule is O=S(=O)(Cc1ccccc1)Nc1ccc2c(c1)CCCS2. The van der Waals surface area contributed by atoms with Crippen molar-refractivity contribution in [2.45, 2.75) is 23.5 Å². The summed E-state index contributed by atoms with van der Waals surface area (Å²) in [5, 5.41) is 0. The molecular weight excluding hydrogens is 302 g/mol. The lowest BCUT2D eigenvalue weighted by molar-refractivity contribution is 0.600. The molecule has 1 N–H and O–H groups in total. The predicted octanol–water partition coefficient (Wildman–Crippen LogP) is 3.67. The zero-order chi connectivity index (χ0) is 14.7. The summed E-state index contributed by atoms with van der Waals surface area (Å²) in [5.41, 5.74) is 2.69. The van der Waals surface area contributed by atoms with Crippen LogP contribution in [-0.2, 0) is 22.2 Å². The van der Waals surface area contributed by atoms with Crippen molar-refractivity contribution < 1.29 is 8.42 Å². The second kappa shape index (κ2) is 6.12. The van der Waals surface area contributed by atoms with Crippen LogP contribution in [0.1, 0.15) is 17.5 Å². The van der Waals surface area contributed by atoms with Crippen LogP contribution in [0.15, 0.2) is 53.4 Å². The van der Waals surface area contributed by atoms with E-state index in [0.717, 1.165) is 24.2 Å². The summed E-state index contributed by atoms with van der Waals surface area (Å²) in [6, 6.07) is 15.0. The molecule has 0 radical (unpaired) electrons. The molecule has 0 atom stereocenters. The molecule has 0 aromatic heterocycles. The lowest BCUT2D eigenvalue weighted by Crippen LogP contribution is -2.15. The van der Waals surface area contributed by atoms with Gasteiger partial charge in [0.1, 0.15) is 0 Å². The standard InChI is InChI=1S/C16H17NO2S2/c18-21(19,12-13-5-2-1-3-6-13)17-15-8-9-16-14(11-15)7-4-10-20-16/h1-3,5-6,8-9,11,17H,4,7,10,12H2. The van der Waals surface area contributed by atoms with Gasteiger partial charge in [-0.15, -0.1) is 11.8 Å². The molecule has 0 saturated heterocycles. The Hall–Kier alpha value is -1.46. The Morgan fingerprint density at radius 2 is 1.90 bits per heavy atom. The van der Waals surface area contributed by atoms with Crippen LogP contribution in [0.4, 0.5) is 5.69 Å². The second-order valence-corrected chi connectivity index (χ2v) is 7.98. The van der Waals surface area contributed by atoms with Crippen LogP contribution < -0.4 is 4.72 Å². The maximum absolute atomic E-state index is 12.2. The topological polar surface area (TPSA) is 46.2 Å². The average molecular weight is 319 g/mol. The Bertz CT molecular complexity index is 727. The highest BCUT2D eigenvalue weighted by Crippen LogP contribution is 2.32. The van der Waals surface area contributed by atoms with Crippen molar-refractivity contribution in [2.75, 3.05) is 10.5 Å². The largest absolute Gasteiger partial charge is 0.283 e. The van der Waals surface area contributed by atoms with Crippen molar-refractivity contribution in [2.24, 2.45) is 0 Å². The minimum absolute atomic E-state index is 0.000323. The van der Waals surface area contributed by atoms with Gasteiger partial charge in [0.05, 0.1) is 5.75 Å². The molecule has 0 fully saturated rings. The van der Waals surface area contributed by atoms with Crippen LogP contribution in [0.25, 0.3) is 0 Å². The molecule has 1 heterocycles. The van der Waals surface area contributed by atoms with Crippen molar-refractivity contribution in [3.8, 4) is 0 Å². The fourth-order valence-electron chi connectivity index (χ4n) is 2.43. The van der Waals surface area contributed by atoms with Gasteiger partial charge in [0.15, 0.2) is 0 Å². The summed E-state index contributed by atoms with van der Waals surface area (Å²) in [5.74, 6) is 1.14. The van der Waals surface area contributed by atoms with Crippen molar-refractivity contribution >= 4 is 27.5 Å². The van der Waals surface area contributed by atoms with E-state index < -0.39 is 10.0 Å². The van der Waals surface area contributed by atoms with E-state index in [-0.39, 0.29) is 5.75 Å². The summed E-state index contributed by atoms with van der Waals surface area (Å²) >= 11 is 1.84. The third-order valence-electron chi connectivity index (χ3n) is 3.38. The number of nitrogens with one attached hydrogen (secondary N) is 1. The van der Waals surface area contributed by atoms with Gasteiger partial charge in [-0.05, 0) is 47.9 Å². The molecule has 0 spiro atoms. The van der Waals surface area contributed by atoms with Crippen molar-refractivity contribution in [3.05, 3.63) is 59.7 Å². The van der Waals surface area contributed by atoms with Gasteiger partial charge >= 0.3 is 0 Å². The van der Waals surface area contributed by atoms with Crippen LogP contribution in [0.5, 0.6) is 0 Å². The van der Waals surface area contributed by atoms with Crippen LogP contribution in [0.3, 0.4) is 0 Å². The molecular formula is C16H17NO2S2. The van der Waals surface area contributed by atoms with Gasteiger partial charge < -0.3 is 0 Å². The van der Waals surface area contributed by atoms with Gasteiger partial charge in [-0.3, -0.25) is 4.72 Å². The van der Waals surface area contributed by atoms with E-state index in [4.69, 9.17) is 0 Å². The van der Waals surface area contributed by atoms with E-state index in [1.807, 2.05) is 60.3 Å². The first-order chi connectivity index (χ1) is 10.1. The summed E-state index contributed by atoms with van der Waals surface area (Å²) in [4.78, 5) is 1.27. The molecule has 0 unspecified atom stereocenters. The number of benzene rings is 2. The highest BCUT2D eigenvalue weighted by atomic mass is 32.2. The molecule has 0 saturated carbocycles. The zero-order valence-electron chi connectivity index (χ0n) is 11.6. The van der Waals surface area contributed by atoms with Crippen LogP contribution in [0, 0.1) is 0 Å². The molecule has 0 bridgehead atoms. The first-order valence-corrected chi connectivity index (χ1v) is 9.56. The minimum atomic E-state index is -3.37. The van der Waals surface area contributed by atoms with Gasteiger partial charge in [-0.2, -0.15) is 0 Å². The number of hydrogen-bond donors (Lipinski definition) is 1. The van der Waals surface area contributed by atoms with Crippen LogP contribution in [-0.4, -0.2) is 14.2 Å². The van der Waals surface area contributed by atoms with E-state index in [2.05, 4.69) is 4.72 Å². The van der Waals surface area contributed by atoms with Gasteiger partial charge in [-0.1, -0.05) is 30.3 Å². The lowest BCUT2D eigenvalue weighted by Gasteiger charge is -2.16. The number of rotatable bonds is 4. The van der Waals surface area contributed by atoms with Gasteiger partial charge in [0.25, 0.3) is 0 Å². The molecule has 1 aliphatic heterocycles. The number of hydrogen-bond acceptors (Lipinski definition) is 3. The highest BCUT2D eigenvalue weighted by molar-refractivity contribution is 7.99. The molecule has 2 aromatic carbocycles. The first-order valence-electron chi connectivity index (χ1n) is 6.92. The van der Waals surface area contributed by atoms with Gasteiger partial charge in [-0.25, -0.2) is 8.42 Å². The third-order valence-corrected chi connectivity index (χ3v) is 5.84. The summed E-state index contributed by atoms with van der Waals surface area (Å²) in [7, 11) is -3.37. The van der Waals surface area contributed by atoms with Gasteiger partial charge in [0.2, 0.25) is 10.0 Å². The highest BCUT2D eigenvalue weighted by Gasteiger charge is 2.14. The van der Waals surface area contributed by atoms with E-state index in [1.165, 1.54) is 10.5 Å². The number of aryl methyl sites for hydroxylation is 1. The molecule has 0 aliphatic carbocycles. The maximum atomic E-state index is 12.2. The molecule has 3 nitrogen and oxygen atoms in total. The van der Waals surface area contributed by atoms with Crippen molar-refractivity contribution in [1.29, 1.82) is 0 Å². The smallest absolute Gasteiger partial charge is 0.236 e. The first kappa shape index (κ1) is 14.5. The summed E-state index contributed by atoms with van der Waals surface area (Å²) in [6.07, 6.45) is 2.18. The van der Waals surface area contributed by atoms with E-state index in [1.54, 1.807) is 0 Å². The van der Waals surface area contributed by atoms with Crippen LogP contribution in [0.2, 0.25) is 0 Å². The zero-order valence-corrected chi connectivity index (χ0v) is 13.2. The summed E-state index contributed by atoms with van der Waals surface area (Å²) < 4.78 is 27.1. The number of sulfonamides is 1. The molecule has 5 heteroatoms. The van der Waals surface area contributed by atoms with Gasteiger partial charge in [0, 0.05) is 10.6 Å². The average Bonchev–Trinajstić information content (AvgIpc) is 2.47. The number of anilines is 1. The number of thioether (sulfide) groups is 1. The normalized spacial score (nSPS) is 14.5. The monoisotopic (exact) mass is 319 g/mol. The fourth-order valence-corrected chi connectivity index (χ4v) is 4.64. The summed E-state index contributed by atoms with van der Waals surface area (Å²) in [6.45, 7) is 0. The van der Waals surface area contributed by atoms with E-state index in [9.17, 15) is 8.42 Å². The fraction of sp³-hybridized carbons (Fsp3) is 0.250. The van der Waals surface area contributed by atoms with Crippen molar-refractivity contribution in [1.82, 2.24) is 0 Å². The molecule has 0 amide bonds. The molecule has 1 aliphatic rings. The Kier molecular flexibility index (Phi) is 4.22. The number of fused-ring (bicyclic) bond motifs is 1. The van der Waals surface area contributed by atoms with Crippen LogP contribution >= 0.6 is 11.8 Å². The molecule has 2 aromatic rings. The maximum Gasteiger partial charge on any atom is 0.236 e. The third kappa shape index (κ3) is 3.80. The Morgan fingerprint density at radius 3 is 2.71 bits per heavy atom. The molecule has 3 rings (SSSR count). The second-order valence-electron chi connectivity index (χ2n) is 5.12. The predicted molar refractivity (Wildman–Crippen MR) is 88.2 cm³/mol. The quantitative estimate of drug-likeness (QED) is 0.935. The van der Waals surface area contributed by atoms with Crippen molar-refractivity contribution in [3.63, 3.8) is 0 Å². The Morgan fingerprint density at radius 1 is 1.10 bits per heavy atom. The molecule has 21 heavy (non-hydrogen) atoms. The Labute approximate surface area is 129 Å². The Balaban J connectivity index is 1.76. The van der Waals surface area contributed by atoms with E-state index >= 15 is 0 Å². The molecule has 110 valence electrons. The minimum Gasteiger partial charge on any atom is -0.283 e.